The molecule has 0 saturated heterocycles. The molecule has 0 atom stereocenters. The van der Waals surface area contributed by atoms with Gasteiger partial charge < -0.3 is 14.0 Å². The third-order valence-electron chi connectivity index (χ3n) is 3.77. The molecule has 0 saturated carbocycles. The Labute approximate surface area is 143 Å². The van der Waals surface area contributed by atoms with Crippen LogP contribution in [0.5, 0.6) is 0 Å². The molecule has 1 aromatic carbocycles. The van der Waals surface area contributed by atoms with E-state index in [0.717, 1.165) is 27.5 Å². The molecule has 0 radical (unpaired) electrons. The minimum atomic E-state index is -0.219. The molecule has 1 heterocycles. The van der Waals surface area contributed by atoms with E-state index in [-0.39, 0.29) is 11.9 Å². The highest BCUT2D eigenvalue weighted by Gasteiger charge is 2.13. The molecule has 0 aliphatic carbocycles. The number of aromatic nitrogens is 1. The topological polar surface area (TPSA) is 57.5 Å². The molecule has 0 unspecified atom stereocenters. The van der Waals surface area contributed by atoms with Crippen LogP contribution in [-0.2, 0) is 32.0 Å². The lowest BCUT2D eigenvalue weighted by Crippen LogP contribution is -2.03. The van der Waals surface area contributed by atoms with Crippen molar-refractivity contribution in [1.29, 1.82) is 0 Å². The average molecular weight is 382 g/mol. The van der Waals surface area contributed by atoms with Gasteiger partial charge in [-0.15, -0.1) is 0 Å². The second kappa shape index (κ2) is 8.15. The minimum absolute atomic E-state index is 0.200. The van der Waals surface area contributed by atoms with Crippen molar-refractivity contribution in [2.75, 3.05) is 14.2 Å². The molecule has 23 heavy (non-hydrogen) atoms. The number of ether oxygens (including phenoxy) is 2. The van der Waals surface area contributed by atoms with Crippen LogP contribution in [0.1, 0.15) is 24.8 Å². The molecule has 0 N–H and O–H groups in total. The lowest BCUT2D eigenvalue weighted by Gasteiger charge is -2.05. The second-order valence-electron chi connectivity index (χ2n) is 5.24. The summed E-state index contributed by atoms with van der Waals surface area (Å²) in [5.74, 6) is -0.419. The molecule has 124 valence electrons. The van der Waals surface area contributed by atoms with Crippen molar-refractivity contribution < 1.29 is 19.1 Å². The average Bonchev–Trinajstić information content (AvgIpc) is 2.91. The summed E-state index contributed by atoms with van der Waals surface area (Å²) in [6.45, 7) is 0.722. The van der Waals surface area contributed by atoms with Crippen LogP contribution in [0, 0.1) is 0 Å². The lowest BCUT2D eigenvalue weighted by atomic mass is 10.1. The number of esters is 2. The maximum atomic E-state index is 11.4. The van der Waals surface area contributed by atoms with Gasteiger partial charge in [-0.25, -0.2) is 0 Å². The van der Waals surface area contributed by atoms with Crippen LogP contribution in [0.4, 0.5) is 0 Å². The molecule has 0 fully saturated rings. The van der Waals surface area contributed by atoms with Gasteiger partial charge in [0, 0.05) is 41.0 Å². The molecule has 0 spiro atoms. The Morgan fingerprint density at radius 3 is 2.52 bits per heavy atom. The minimum Gasteiger partial charge on any atom is -0.469 e. The van der Waals surface area contributed by atoms with Crippen LogP contribution in [0.25, 0.3) is 10.9 Å². The number of carbonyl (C=O) groups excluding carboxylic acids is 2. The van der Waals surface area contributed by atoms with E-state index in [4.69, 9.17) is 4.74 Å². The van der Waals surface area contributed by atoms with Crippen molar-refractivity contribution >= 4 is 38.8 Å². The van der Waals surface area contributed by atoms with Crippen molar-refractivity contribution in [3.63, 3.8) is 0 Å². The summed E-state index contributed by atoms with van der Waals surface area (Å²) in [5, 5.41) is 1.11. The number of hydrogen-bond donors (Lipinski definition) is 0. The van der Waals surface area contributed by atoms with Crippen LogP contribution in [0.3, 0.4) is 0 Å². The smallest absolute Gasteiger partial charge is 0.305 e. The molecule has 6 heteroatoms. The van der Waals surface area contributed by atoms with Crippen LogP contribution in [-0.4, -0.2) is 30.7 Å². The summed E-state index contributed by atoms with van der Waals surface area (Å²) in [5.41, 5.74) is 2.18. The Balaban J connectivity index is 2.22. The van der Waals surface area contributed by atoms with E-state index < -0.39 is 0 Å². The largest absolute Gasteiger partial charge is 0.469 e. The van der Waals surface area contributed by atoms with Crippen molar-refractivity contribution in [3.8, 4) is 0 Å². The number of benzene rings is 1. The molecular formula is C17H20BrNO4. The number of rotatable bonds is 7. The van der Waals surface area contributed by atoms with E-state index in [9.17, 15) is 9.59 Å². The molecule has 5 nitrogen and oxygen atoms in total. The quantitative estimate of drug-likeness (QED) is 0.689. The summed E-state index contributed by atoms with van der Waals surface area (Å²) in [6.07, 6.45) is 4.12. The highest BCUT2D eigenvalue weighted by molar-refractivity contribution is 9.10. The molecule has 0 amide bonds. The third kappa shape index (κ3) is 4.34. The highest BCUT2D eigenvalue weighted by atomic mass is 79.9. The van der Waals surface area contributed by atoms with Gasteiger partial charge in [0.15, 0.2) is 0 Å². The summed E-state index contributed by atoms with van der Waals surface area (Å²) < 4.78 is 12.5. The van der Waals surface area contributed by atoms with Crippen molar-refractivity contribution in [3.05, 3.63) is 34.4 Å². The number of hydrogen-bond acceptors (Lipinski definition) is 4. The summed E-state index contributed by atoms with van der Waals surface area (Å²) in [4.78, 5) is 22.6. The fourth-order valence-corrected chi connectivity index (χ4v) is 3.21. The first-order chi connectivity index (χ1) is 11.1. The highest BCUT2D eigenvalue weighted by Crippen LogP contribution is 2.30. The van der Waals surface area contributed by atoms with Gasteiger partial charge in [0.1, 0.15) is 0 Å². The number of halogens is 1. The normalized spacial score (nSPS) is 10.7. The summed E-state index contributed by atoms with van der Waals surface area (Å²) in [7, 11) is 2.80. The van der Waals surface area contributed by atoms with Crippen molar-refractivity contribution in [2.45, 2.75) is 32.2 Å². The van der Waals surface area contributed by atoms with Crippen LogP contribution in [0.2, 0.25) is 0 Å². The zero-order valence-electron chi connectivity index (χ0n) is 13.3. The molecular weight excluding hydrogens is 362 g/mol. The Bertz CT molecular complexity index is 708. The molecule has 0 aliphatic heterocycles. The van der Waals surface area contributed by atoms with Gasteiger partial charge in [0.2, 0.25) is 0 Å². The van der Waals surface area contributed by atoms with E-state index in [1.54, 1.807) is 0 Å². The van der Waals surface area contributed by atoms with E-state index in [2.05, 4.69) is 31.4 Å². The number of nitrogens with zero attached hydrogens (tertiary/aromatic N) is 1. The first-order valence-corrected chi connectivity index (χ1v) is 8.26. The van der Waals surface area contributed by atoms with Crippen LogP contribution < -0.4 is 0 Å². The lowest BCUT2D eigenvalue weighted by molar-refractivity contribution is -0.141. The fourth-order valence-electron chi connectivity index (χ4n) is 2.60. The van der Waals surface area contributed by atoms with Gasteiger partial charge in [0.05, 0.1) is 14.2 Å². The Hall–Kier alpha value is -1.82. The molecule has 2 rings (SSSR count). The van der Waals surface area contributed by atoms with Gasteiger partial charge in [-0.1, -0.05) is 22.0 Å². The molecule has 0 aliphatic rings. The standard InChI is InChI=1S/C17H20BrNO4/c1-22-15(20)7-4-10-19-11-12(8-9-16(21)23-2)17-13(18)5-3-6-14(17)19/h3,5-6,11H,4,7-10H2,1-2H3. The maximum absolute atomic E-state index is 11.4. The number of fused-ring (bicyclic) bond motifs is 1. The Kier molecular flexibility index (Phi) is 6.21. The predicted octanol–water partition coefficient (Wildman–Crippen LogP) is 3.46. The zero-order chi connectivity index (χ0) is 16.8. The van der Waals surface area contributed by atoms with Gasteiger partial charge >= 0.3 is 11.9 Å². The van der Waals surface area contributed by atoms with Gasteiger partial charge in [-0.3, -0.25) is 9.59 Å². The molecule has 2 aromatic rings. The summed E-state index contributed by atoms with van der Waals surface area (Å²) >= 11 is 3.58. The van der Waals surface area contributed by atoms with E-state index in [0.29, 0.717) is 25.7 Å². The van der Waals surface area contributed by atoms with Gasteiger partial charge in [-0.2, -0.15) is 0 Å². The Morgan fingerprint density at radius 2 is 1.83 bits per heavy atom. The van der Waals surface area contributed by atoms with Crippen molar-refractivity contribution in [1.82, 2.24) is 4.57 Å². The van der Waals surface area contributed by atoms with E-state index in [1.165, 1.54) is 14.2 Å². The second-order valence-corrected chi connectivity index (χ2v) is 6.09. The fraction of sp³-hybridized carbons (Fsp3) is 0.412. The monoisotopic (exact) mass is 381 g/mol. The van der Waals surface area contributed by atoms with Gasteiger partial charge in [-0.05, 0) is 30.5 Å². The molecule has 0 bridgehead atoms. The number of aryl methyl sites for hydroxylation is 2. The number of methoxy groups -OCH3 is 2. The first-order valence-electron chi connectivity index (χ1n) is 7.46. The molecule has 1 aromatic heterocycles. The SMILES string of the molecule is COC(=O)CCCn1cc(CCC(=O)OC)c2c(Br)cccc21. The summed E-state index contributed by atoms with van der Waals surface area (Å²) in [6, 6.07) is 6.01. The third-order valence-corrected chi connectivity index (χ3v) is 4.43. The van der Waals surface area contributed by atoms with E-state index in [1.807, 2.05) is 18.2 Å². The van der Waals surface area contributed by atoms with Crippen LogP contribution in [0.15, 0.2) is 28.9 Å². The number of carbonyl (C=O) groups is 2. The zero-order valence-corrected chi connectivity index (χ0v) is 14.9. The first kappa shape index (κ1) is 17.5. The Morgan fingerprint density at radius 1 is 1.13 bits per heavy atom. The maximum Gasteiger partial charge on any atom is 0.305 e. The predicted molar refractivity (Wildman–Crippen MR) is 91.2 cm³/mol. The van der Waals surface area contributed by atoms with E-state index >= 15 is 0 Å². The van der Waals surface area contributed by atoms with Crippen LogP contribution >= 0.6 is 15.9 Å². The van der Waals surface area contributed by atoms with Crippen molar-refractivity contribution in [2.24, 2.45) is 0 Å². The van der Waals surface area contributed by atoms with Gasteiger partial charge in [0.25, 0.3) is 0 Å².